The number of hydrogen-bond donors (Lipinski definition) is 1. The van der Waals surface area contributed by atoms with Crippen LogP contribution in [0, 0.1) is 5.41 Å². The lowest BCUT2D eigenvalue weighted by atomic mass is 9.77. The molecule has 8 nitrogen and oxygen atoms in total. The van der Waals surface area contributed by atoms with Crippen molar-refractivity contribution in [1.82, 2.24) is 19.4 Å². The lowest BCUT2D eigenvalue weighted by molar-refractivity contribution is -0.114. The van der Waals surface area contributed by atoms with Crippen LogP contribution in [0.25, 0.3) is 5.52 Å². The number of nitrogens with zero attached hydrogens (tertiary/aromatic N) is 5. The molecule has 32 heavy (non-hydrogen) atoms. The highest BCUT2D eigenvalue weighted by atomic mass is 35.5. The Morgan fingerprint density at radius 3 is 2.84 bits per heavy atom. The zero-order valence-electron chi connectivity index (χ0n) is 18.6. The number of pyridine rings is 1. The highest BCUT2D eigenvalue weighted by Gasteiger charge is 2.41. The highest BCUT2D eigenvalue weighted by molar-refractivity contribution is 8.03. The van der Waals surface area contributed by atoms with Crippen molar-refractivity contribution in [2.45, 2.75) is 44.1 Å². The van der Waals surface area contributed by atoms with E-state index in [9.17, 15) is 4.79 Å². The third-order valence-electron chi connectivity index (χ3n) is 6.30. The van der Waals surface area contributed by atoms with Crippen molar-refractivity contribution in [3.63, 3.8) is 0 Å². The van der Waals surface area contributed by atoms with E-state index in [1.54, 1.807) is 17.8 Å². The molecule has 0 aliphatic carbocycles. The Morgan fingerprint density at radius 1 is 1.44 bits per heavy atom. The van der Waals surface area contributed by atoms with Crippen LogP contribution in [0.4, 0.5) is 0 Å². The van der Waals surface area contributed by atoms with Gasteiger partial charge < -0.3 is 15.4 Å². The quantitative estimate of drug-likeness (QED) is 0.314. The van der Waals surface area contributed by atoms with Crippen LogP contribution in [0.15, 0.2) is 45.1 Å². The number of nitrogens with two attached hydrogens (primary N) is 1. The van der Waals surface area contributed by atoms with Gasteiger partial charge in [0.1, 0.15) is 5.82 Å². The minimum absolute atomic E-state index is 0.247. The van der Waals surface area contributed by atoms with Crippen LogP contribution in [0.5, 0.6) is 0 Å². The van der Waals surface area contributed by atoms with Gasteiger partial charge in [0.05, 0.1) is 29.4 Å². The maximum atomic E-state index is 11.6. The number of hydrogen-bond acceptors (Lipinski definition) is 6. The number of allylic oxidation sites excluding steroid dienone is 1. The first-order valence-corrected chi connectivity index (χ1v) is 11.9. The Balaban J connectivity index is 1.53. The zero-order chi connectivity index (χ0) is 22.9. The molecule has 0 aromatic carbocycles. The predicted octanol–water partition coefficient (Wildman–Crippen LogP) is 3.56. The lowest BCUT2D eigenvalue weighted by Crippen LogP contribution is -2.49. The van der Waals surface area contributed by atoms with E-state index < -0.39 is 0 Å². The Bertz CT molecular complexity index is 1060. The second kappa shape index (κ2) is 9.33. The van der Waals surface area contributed by atoms with E-state index in [4.69, 9.17) is 22.1 Å². The van der Waals surface area contributed by atoms with Crippen LogP contribution in [0.1, 0.15) is 33.1 Å². The number of aromatic nitrogens is 2. The number of carbonyl (C=O) groups is 1. The number of aliphatic imine (C=N–C) groups is 1. The van der Waals surface area contributed by atoms with Crippen LogP contribution in [0.2, 0.25) is 5.02 Å². The number of halogens is 1. The van der Waals surface area contributed by atoms with Crippen LogP contribution >= 0.6 is 23.4 Å². The number of amides is 1. The van der Waals surface area contributed by atoms with Crippen molar-refractivity contribution in [3.05, 3.63) is 40.3 Å². The molecule has 4 heterocycles. The smallest absolute Gasteiger partial charge is 0.216 e. The summed E-state index contributed by atoms with van der Waals surface area (Å²) >= 11 is 8.00. The summed E-state index contributed by atoms with van der Waals surface area (Å²) in [5.74, 6) is 0.929. The summed E-state index contributed by atoms with van der Waals surface area (Å²) in [6.07, 6.45) is 7.78. The monoisotopic (exact) mass is 476 g/mol. The fourth-order valence-electron chi connectivity index (χ4n) is 4.42. The van der Waals surface area contributed by atoms with Crippen LogP contribution < -0.4 is 5.73 Å². The van der Waals surface area contributed by atoms with E-state index in [1.807, 2.05) is 25.3 Å². The summed E-state index contributed by atoms with van der Waals surface area (Å²) in [6.45, 7) is 6.49. The molecular formula is C22H29ClN6O2S. The molecule has 2 fully saturated rings. The molecule has 1 amide bonds. The summed E-state index contributed by atoms with van der Waals surface area (Å²) in [7, 11) is 1.71. The average molecular weight is 477 g/mol. The number of rotatable bonds is 4. The summed E-state index contributed by atoms with van der Waals surface area (Å²) in [5, 5.41) is 4.81. The maximum absolute atomic E-state index is 11.6. The SMILES string of the molecule is C/C(Sc1ccn2nccc2c1Cl)=C(/N)N=C(N(C)C=O)N1CCC2(CC1)CO[C@@H](C)C2. The first-order valence-electron chi connectivity index (χ1n) is 10.7. The molecule has 0 radical (unpaired) electrons. The highest BCUT2D eigenvalue weighted by Crippen LogP contribution is 2.42. The third-order valence-corrected chi connectivity index (χ3v) is 7.88. The summed E-state index contributed by atoms with van der Waals surface area (Å²) < 4.78 is 7.56. The van der Waals surface area contributed by atoms with Crippen molar-refractivity contribution in [2.75, 3.05) is 26.7 Å². The van der Waals surface area contributed by atoms with Crippen LogP contribution in [-0.4, -0.2) is 64.6 Å². The van der Waals surface area contributed by atoms with E-state index >= 15 is 0 Å². The fraction of sp³-hybridized carbons (Fsp3) is 0.500. The Hall–Kier alpha value is -2.23. The molecule has 2 aliphatic rings. The molecule has 1 spiro atoms. The van der Waals surface area contributed by atoms with E-state index in [-0.39, 0.29) is 5.41 Å². The molecule has 2 aromatic rings. The van der Waals surface area contributed by atoms with Gasteiger partial charge in [0.15, 0.2) is 0 Å². The molecule has 2 aliphatic heterocycles. The number of likely N-dealkylation sites (tertiary alicyclic amines) is 1. The third kappa shape index (κ3) is 4.60. The second-order valence-corrected chi connectivity index (χ2v) is 10.3. The van der Waals surface area contributed by atoms with Gasteiger partial charge >= 0.3 is 0 Å². The number of guanidine groups is 1. The standard InChI is InChI=1S/C22H29ClN6O2S/c1-15-12-22(13-31-15)6-10-28(11-7-22)21(27(3)14-30)26-20(24)16(2)32-18-5-9-29-17(19(18)23)4-8-25-29/h4-5,8-9,14-15H,6-7,10-13,24H2,1-3H3/b20-16+,26-21?/t15-/m0/s1. The molecule has 10 heteroatoms. The molecule has 2 aromatic heterocycles. The minimum atomic E-state index is 0.247. The Labute approximate surface area is 197 Å². The predicted molar refractivity (Wildman–Crippen MR) is 127 cm³/mol. The number of ether oxygens (including phenoxy) is 1. The Morgan fingerprint density at radius 2 is 2.19 bits per heavy atom. The first kappa shape index (κ1) is 22.9. The number of piperidine rings is 1. The molecule has 2 N–H and O–H groups in total. The molecule has 0 bridgehead atoms. The van der Waals surface area contributed by atoms with Gasteiger partial charge in [-0.2, -0.15) is 10.1 Å². The molecule has 4 rings (SSSR count). The van der Waals surface area contributed by atoms with Gasteiger partial charge in [-0.3, -0.25) is 9.69 Å². The van der Waals surface area contributed by atoms with Gasteiger partial charge in [-0.05, 0) is 50.7 Å². The maximum Gasteiger partial charge on any atom is 0.216 e. The van der Waals surface area contributed by atoms with Crippen molar-refractivity contribution in [1.29, 1.82) is 0 Å². The van der Waals surface area contributed by atoms with Gasteiger partial charge in [0, 0.05) is 36.1 Å². The lowest BCUT2D eigenvalue weighted by Gasteiger charge is -2.40. The van der Waals surface area contributed by atoms with Crippen molar-refractivity contribution in [2.24, 2.45) is 16.1 Å². The topological polar surface area (TPSA) is 88.5 Å². The van der Waals surface area contributed by atoms with E-state index in [0.717, 1.165) is 60.7 Å². The van der Waals surface area contributed by atoms with E-state index in [1.165, 1.54) is 16.7 Å². The largest absolute Gasteiger partial charge is 0.383 e. The van der Waals surface area contributed by atoms with E-state index in [2.05, 4.69) is 21.9 Å². The molecule has 0 unspecified atom stereocenters. The van der Waals surface area contributed by atoms with Gasteiger partial charge in [0.25, 0.3) is 0 Å². The molecule has 1 atom stereocenters. The van der Waals surface area contributed by atoms with Crippen LogP contribution in [-0.2, 0) is 9.53 Å². The zero-order valence-corrected chi connectivity index (χ0v) is 20.2. The Kier molecular flexibility index (Phi) is 6.69. The summed E-state index contributed by atoms with van der Waals surface area (Å²) in [5.41, 5.74) is 7.44. The van der Waals surface area contributed by atoms with E-state index in [0.29, 0.717) is 22.9 Å². The fourth-order valence-corrected chi connectivity index (χ4v) is 5.55. The second-order valence-electron chi connectivity index (χ2n) is 8.64. The first-order chi connectivity index (χ1) is 15.3. The average Bonchev–Trinajstić information content (AvgIpc) is 3.41. The van der Waals surface area contributed by atoms with Gasteiger partial charge in [-0.25, -0.2) is 4.52 Å². The molecule has 2 saturated heterocycles. The molecule has 172 valence electrons. The van der Waals surface area contributed by atoms with Gasteiger partial charge in [-0.1, -0.05) is 23.4 Å². The normalized spacial score (nSPS) is 21.8. The molecular weight excluding hydrogens is 448 g/mol. The van der Waals surface area contributed by atoms with Gasteiger partial charge in [-0.15, -0.1) is 0 Å². The number of carbonyl (C=O) groups excluding carboxylic acids is 1. The molecule has 0 saturated carbocycles. The van der Waals surface area contributed by atoms with Crippen molar-refractivity contribution in [3.8, 4) is 0 Å². The summed E-state index contributed by atoms with van der Waals surface area (Å²) in [6, 6.07) is 3.77. The van der Waals surface area contributed by atoms with Crippen molar-refractivity contribution >= 4 is 41.2 Å². The van der Waals surface area contributed by atoms with Crippen molar-refractivity contribution < 1.29 is 9.53 Å². The van der Waals surface area contributed by atoms with Gasteiger partial charge in [0.2, 0.25) is 12.4 Å². The number of fused-ring (bicyclic) bond motifs is 1. The number of thioether (sulfide) groups is 1. The van der Waals surface area contributed by atoms with Crippen LogP contribution in [0.3, 0.4) is 0 Å². The minimum Gasteiger partial charge on any atom is -0.383 e. The summed E-state index contributed by atoms with van der Waals surface area (Å²) in [4.78, 5) is 21.5.